The molecule has 0 amide bonds. The molecule has 194 valence electrons. The van der Waals surface area contributed by atoms with Crippen LogP contribution in [0, 0.1) is 0 Å². The van der Waals surface area contributed by atoms with E-state index in [1.807, 2.05) is 0 Å². The summed E-state index contributed by atoms with van der Waals surface area (Å²) in [6.45, 7) is 4.51. The van der Waals surface area contributed by atoms with E-state index in [0.29, 0.717) is 18.0 Å². The van der Waals surface area contributed by atoms with Crippen molar-refractivity contribution in [2.75, 3.05) is 0 Å². The van der Waals surface area contributed by atoms with E-state index in [0.717, 1.165) is 24.8 Å². The minimum absolute atomic E-state index is 0.195. The fourth-order valence-corrected chi connectivity index (χ4v) is 4.39. The summed E-state index contributed by atoms with van der Waals surface area (Å²) in [6.07, 6.45) is 25.2. The Morgan fingerprint density at radius 2 is 1.14 bits per heavy atom. The van der Waals surface area contributed by atoms with E-state index >= 15 is 0 Å². The molecule has 0 unspecified atom stereocenters. The summed E-state index contributed by atoms with van der Waals surface area (Å²) in [5.41, 5.74) is 2.35. The van der Waals surface area contributed by atoms with Crippen molar-refractivity contribution in [2.24, 2.45) is 0 Å². The minimum atomic E-state index is -0.195. The SMILES string of the molecule is CCCCCCCCCCCC(=O)Oc1cnc(-c2ccc(CCCCCCCCC)cc2)nc1. The predicted molar refractivity (Wildman–Crippen MR) is 147 cm³/mol. The third-order valence-electron chi connectivity index (χ3n) is 6.63. The molecule has 0 fully saturated rings. The highest BCUT2D eigenvalue weighted by Crippen LogP contribution is 2.19. The third kappa shape index (κ3) is 13.4. The fourth-order valence-electron chi connectivity index (χ4n) is 4.39. The average molecular weight is 481 g/mol. The smallest absolute Gasteiger partial charge is 0.311 e. The highest BCUT2D eigenvalue weighted by molar-refractivity contribution is 5.72. The number of esters is 1. The molecule has 1 aromatic carbocycles. The number of carbonyl (C=O) groups excluding carboxylic acids is 1. The standard InChI is InChI=1S/C31H48N2O2/c1-3-5-7-9-11-12-14-16-18-20-30(34)35-29-25-32-31(33-26-29)28-23-21-27(22-24-28)19-17-15-13-10-8-6-4-2/h21-26H,3-20H2,1-2H3. The van der Waals surface area contributed by atoms with Gasteiger partial charge in [-0.25, -0.2) is 9.97 Å². The number of aromatic nitrogens is 2. The summed E-state index contributed by atoms with van der Waals surface area (Å²) >= 11 is 0. The maximum absolute atomic E-state index is 12.1. The average Bonchev–Trinajstić information content (AvgIpc) is 2.88. The van der Waals surface area contributed by atoms with Crippen molar-refractivity contribution < 1.29 is 9.53 Å². The Morgan fingerprint density at radius 3 is 1.69 bits per heavy atom. The molecule has 0 bridgehead atoms. The summed E-state index contributed by atoms with van der Waals surface area (Å²) < 4.78 is 5.42. The Bertz CT molecular complexity index is 787. The summed E-state index contributed by atoms with van der Waals surface area (Å²) in [7, 11) is 0. The second-order valence-electron chi connectivity index (χ2n) is 9.86. The van der Waals surface area contributed by atoms with E-state index in [4.69, 9.17) is 4.74 Å². The Hall–Kier alpha value is -2.23. The number of hydrogen-bond donors (Lipinski definition) is 0. The Labute approximate surface area is 214 Å². The lowest BCUT2D eigenvalue weighted by Crippen LogP contribution is -2.08. The molecule has 0 aliphatic carbocycles. The van der Waals surface area contributed by atoms with Crippen LogP contribution in [0.1, 0.15) is 129 Å². The normalized spacial score (nSPS) is 11.0. The fraction of sp³-hybridized carbons (Fsp3) is 0.645. The molecular weight excluding hydrogens is 432 g/mol. The summed E-state index contributed by atoms with van der Waals surface area (Å²) in [4.78, 5) is 20.9. The summed E-state index contributed by atoms with van der Waals surface area (Å²) in [6, 6.07) is 8.52. The van der Waals surface area contributed by atoms with Crippen molar-refractivity contribution >= 4 is 5.97 Å². The van der Waals surface area contributed by atoms with Gasteiger partial charge in [-0.15, -0.1) is 0 Å². The van der Waals surface area contributed by atoms with Crippen molar-refractivity contribution in [1.82, 2.24) is 9.97 Å². The molecule has 0 saturated heterocycles. The summed E-state index contributed by atoms with van der Waals surface area (Å²) in [5.74, 6) is 0.885. The minimum Gasteiger partial charge on any atom is -0.423 e. The third-order valence-corrected chi connectivity index (χ3v) is 6.63. The van der Waals surface area contributed by atoms with Gasteiger partial charge in [-0.1, -0.05) is 128 Å². The molecule has 1 aromatic heterocycles. The topological polar surface area (TPSA) is 52.1 Å². The lowest BCUT2D eigenvalue weighted by molar-refractivity contribution is -0.134. The molecule has 0 saturated carbocycles. The maximum Gasteiger partial charge on any atom is 0.311 e. The molecule has 2 rings (SSSR count). The van der Waals surface area contributed by atoms with Crippen LogP contribution in [0.2, 0.25) is 0 Å². The molecule has 0 atom stereocenters. The van der Waals surface area contributed by atoms with Crippen LogP contribution in [0.3, 0.4) is 0 Å². The van der Waals surface area contributed by atoms with Gasteiger partial charge in [0.15, 0.2) is 11.6 Å². The summed E-state index contributed by atoms with van der Waals surface area (Å²) in [5, 5.41) is 0. The molecule has 4 nitrogen and oxygen atoms in total. The molecule has 1 heterocycles. The van der Waals surface area contributed by atoms with Crippen molar-refractivity contribution in [3.05, 3.63) is 42.2 Å². The highest BCUT2D eigenvalue weighted by Gasteiger charge is 2.07. The molecule has 0 aliphatic rings. The molecule has 35 heavy (non-hydrogen) atoms. The van der Waals surface area contributed by atoms with Crippen molar-refractivity contribution in [3.63, 3.8) is 0 Å². The first-order chi connectivity index (χ1) is 17.2. The zero-order valence-corrected chi connectivity index (χ0v) is 22.4. The van der Waals surface area contributed by atoms with Crippen LogP contribution >= 0.6 is 0 Å². The Morgan fingerprint density at radius 1 is 0.657 bits per heavy atom. The van der Waals surface area contributed by atoms with Crippen molar-refractivity contribution in [1.29, 1.82) is 0 Å². The van der Waals surface area contributed by atoms with Crippen LogP contribution < -0.4 is 4.74 Å². The van der Waals surface area contributed by atoms with Crippen molar-refractivity contribution in [3.8, 4) is 17.1 Å². The molecule has 2 aromatic rings. The largest absolute Gasteiger partial charge is 0.423 e. The van der Waals surface area contributed by atoms with Gasteiger partial charge < -0.3 is 4.74 Å². The zero-order valence-electron chi connectivity index (χ0n) is 22.4. The van der Waals surface area contributed by atoms with Crippen LogP contribution in [-0.2, 0) is 11.2 Å². The van der Waals surface area contributed by atoms with Crippen LogP contribution in [0.5, 0.6) is 5.75 Å². The van der Waals surface area contributed by atoms with E-state index < -0.39 is 0 Å². The second-order valence-corrected chi connectivity index (χ2v) is 9.86. The van der Waals surface area contributed by atoms with Gasteiger partial charge in [0.25, 0.3) is 0 Å². The lowest BCUT2D eigenvalue weighted by Gasteiger charge is -2.06. The number of nitrogens with zero attached hydrogens (tertiary/aromatic N) is 2. The van der Waals surface area contributed by atoms with Crippen LogP contribution in [0.25, 0.3) is 11.4 Å². The molecule has 0 N–H and O–H groups in total. The number of hydrogen-bond acceptors (Lipinski definition) is 4. The van der Waals surface area contributed by atoms with Crippen LogP contribution in [-0.4, -0.2) is 15.9 Å². The number of aryl methyl sites for hydroxylation is 1. The Kier molecular flexibility index (Phi) is 15.8. The van der Waals surface area contributed by atoms with Crippen LogP contribution in [0.15, 0.2) is 36.7 Å². The Balaban J connectivity index is 1.61. The van der Waals surface area contributed by atoms with Crippen LogP contribution in [0.4, 0.5) is 0 Å². The van der Waals surface area contributed by atoms with Crippen molar-refractivity contribution in [2.45, 2.75) is 129 Å². The first-order valence-electron chi connectivity index (χ1n) is 14.3. The van der Waals surface area contributed by atoms with Gasteiger partial charge >= 0.3 is 5.97 Å². The number of unbranched alkanes of at least 4 members (excludes halogenated alkanes) is 14. The first-order valence-corrected chi connectivity index (χ1v) is 14.3. The monoisotopic (exact) mass is 480 g/mol. The number of benzene rings is 1. The quantitative estimate of drug-likeness (QED) is 0.140. The predicted octanol–water partition coefficient (Wildman–Crippen LogP) is 9.26. The molecule has 4 heteroatoms. The van der Waals surface area contributed by atoms with Gasteiger partial charge in [0.05, 0.1) is 12.4 Å². The van der Waals surface area contributed by atoms with E-state index in [2.05, 4.69) is 48.1 Å². The number of carbonyl (C=O) groups is 1. The molecule has 0 aliphatic heterocycles. The van der Waals surface area contributed by atoms with E-state index in [1.54, 1.807) is 12.4 Å². The van der Waals surface area contributed by atoms with E-state index in [-0.39, 0.29) is 5.97 Å². The number of ether oxygens (including phenoxy) is 1. The first kappa shape index (κ1) is 29.0. The second kappa shape index (κ2) is 19.0. The maximum atomic E-state index is 12.1. The van der Waals surface area contributed by atoms with Gasteiger partial charge in [-0.2, -0.15) is 0 Å². The van der Waals surface area contributed by atoms with Gasteiger partial charge in [-0.05, 0) is 24.8 Å². The molecule has 0 spiro atoms. The lowest BCUT2D eigenvalue weighted by atomic mass is 10.0. The van der Waals surface area contributed by atoms with E-state index in [1.165, 1.54) is 95.5 Å². The highest BCUT2D eigenvalue weighted by atomic mass is 16.5. The molecular formula is C31H48N2O2. The van der Waals surface area contributed by atoms with Gasteiger partial charge in [0, 0.05) is 12.0 Å². The van der Waals surface area contributed by atoms with Gasteiger partial charge in [0.1, 0.15) is 0 Å². The van der Waals surface area contributed by atoms with E-state index in [9.17, 15) is 4.79 Å². The van der Waals surface area contributed by atoms with Gasteiger partial charge in [-0.3, -0.25) is 4.79 Å². The number of rotatable bonds is 20. The molecule has 0 radical (unpaired) electrons. The van der Waals surface area contributed by atoms with Gasteiger partial charge in [0.2, 0.25) is 0 Å². The zero-order chi connectivity index (χ0) is 25.0.